The molecular weight excluding hydrogens is 463 g/mol. The van der Waals surface area contributed by atoms with Crippen molar-refractivity contribution in [2.75, 3.05) is 11.1 Å². The number of carbonyl (C=O) groups is 1. The molecule has 34 heavy (non-hydrogen) atoms. The lowest BCUT2D eigenvalue weighted by Gasteiger charge is -2.25. The number of amides is 1. The maximum absolute atomic E-state index is 14.1. The molecule has 1 atom stereocenters. The Morgan fingerprint density at radius 1 is 1.21 bits per heavy atom. The van der Waals surface area contributed by atoms with Crippen LogP contribution in [0, 0.1) is 11.6 Å². The third-order valence-electron chi connectivity index (χ3n) is 5.59. The topological polar surface area (TPSA) is 124 Å². The van der Waals surface area contributed by atoms with Crippen LogP contribution in [0.1, 0.15) is 18.2 Å². The second-order valence-electron chi connectivity index (χ2n) is 7.70. The predicted molar refractivity (Wildman–Crippen MR) is 108 cm³/mol. The van der Waals surface area contributed by atoms with Gasteiger partial charge in [-0.1, -0.05) is 0 Å². The molecule has 174 valence electrons. The first-order chi connectivity index (χ1) is 16.0. The van der Waals surface area contributed by atoms with Crippen molar-refractivity contribution in [1.82, 2.24) is 29.7 Å². The van der Waals surface area contributed by atoms with Gasteiger partial charge in [0.15, 0.2) is 16.9 Å². The highest BCUT2D eigenvalue weighted by atomic mass is 19.4. The minimum absolute atomic E-state index is 0.0205. The highest BCUT2D eigenvalue weighted by Gasteiger charge is 2.63. The number of halogens is 5. The molecule has 9 nitrogen and oxygen atoms in total. The Hall–Kier alpha value is -4.23. The standard InChI is InChI=1S/C20H13F5N8O/c1-19(20(23,24)25)12-14(26)29-16(30-15(12)31-18(19)34)13-9-5-8(21)6-28-17(9)33(32-13)7-11-10(22)3-2-4-27-11/h2-6H,7H2,1H3,(H3,26,29,30,31,34). The number of hydrogen-bond acceptors (Lipinski definition) is 7. The van der Waals surface area contributed by atoms with E-state index in [1.165, 1.54) is 23.0 Å². The van der Waals surface area contributed by atoms with E-state index >= 15 is 0 Å². The largest absolute Gasteiger partial charge is 0.407 e. The van der Waals surface area contributed by atoms with Crippen molar-refractivity contribution in [3.05, 3.63) is 53.5 Å². The van der Waals surface area contributed by atoms with E-state index in [-0.39, 0.29) is 34.8 Å². The first kappa shape index (κ1) is 21.6. The van der Waals surface area contributed by atoms with Gasteiger partial charge in [-0.15, -0.1) is 0 Å². The number of carbonyl (C=O) groups excluding carboxylic acids is 1. The number of nitrogens with one attached hydrogen (secondary N) is 1. The summed E-state index contributed by atoms with van der Waals surface area (Å²) < 4.78 is 70.4. The molecule has 0 aliphatic carbocycles. The number of hydrogen-bond donors (Lipinski definition) is 2. The highest BCUT2D eigenvalue weighted by Crippen LogP contribution is 2.50. The summed E-state index contributed by atoms with van der Waals surface area (Å²) >= 11 is 0. The molecule has 4 aromatic heterocycles. The first-order valence-electron chi connectivity index (χ1n) is 9.68. The van der Waals surface area contributed by atoms with Gasteiger partial charge in [-0.05, 0) is 25.1 Å². The quantitative estimate of drug-likeness (QED) is 0.436. The summed E-state index contributed by atoms with van der Waals surface area (Å²) in [6, 6.07) is 3.68. The molecule has 3 N–H and O–H groups in total. The lowest BCUT2D eigenvalue weighted by atomic mass is 9.84. The molecule has 0 saturated carbocycles. The third-order valence-corrected chi connectivity index (χ3v) is 5.59. The van der Waals surface area contributed by atoms with Gasteiger partial charge in [0, 0.05) is 6.20 Å². The second-order valence-corrected chi connectivity index (χ2v) is 7.70. The highest BCUT2D eigenvalue weighted by molar-refractivity contribution is 6.07. The average Bonchev–Trinajstić information content (AvgIpc) is 3.24. The van der Waals surface area contributed by atoms with Crippen LogP contribution in [-0.4, -0.2) is 41.8 Å². The Morgan fingerprint density at radius 2 is 1.97 bits per heavy atom. The van der Waals surface area contributed by atoms with Crippen molar-refractivity contribution in [2.45, 2.75) is 25.1 Å². The lowest BCUT2D eigenvalue weighted by molar-refractivity contribution is -0.186. The van der Waals surface area contributed by atoms with Crippen molar-refractivity contribution >= 4 is 28.6 Å². The molecule has 1 unspecified atom stereocenters. The Balaban J connectivity index is 1.69. The van der Waals surface area contributed by atoms with Gasteiger partial charge in [0.25, 0.3) is 0 Å². The number of fused-ring (bicyclic) bond motifs is 2. The number of nitrogen functional groups attached to an aromatic ring is 1. The average molecular weight is 476 g/mol. The van der Waals surface area contributed by atoms with Gasteiger partial charge in [0.2, 0.25) is 5.91 Å². The van der Waals surface area contributed by atoms with E-state index in [2.05, 4.69) is 30.4 Å². The summed E-state index contributed by atoms with van der Waals surface area (Å²) in [5, 5.41) is 6.45. The monoisotopic (exact) mass is 476 g/mol. The van der Waals surface area contributed by atoms with Crippen LogP contribution < -0.4 is 11.1 Å². The van der Waals surface area contributed by atoms with Crippen LogP contribution in [0.2, 0.25) is 0 Å². The zero-order chi connectivity index (χ0) is 24.4. The maximum atomic E-state index is 14.1. The molecule has 1 amide bonds. The van der Waals surface area contributed by atoms with E-state index in [1.807, 2.05) is 0 Å². The minimum Gasteiger partial charge on any atom is -0.383 e. The molecule has 1 aliphatic heterocycles. The smallest absolute Gasteiger partial charge is 0.383 e. The fraction of sp³-hybridized carbons (Fsp3) is 0.200. The van der Waals surface area contributed by atoms with E-state index < -0.39 is 46.3 Å². The van der Waals surface area contributed by atoms with E-state index in [0.29, 0.717) is 6.92 Å². The zero-order valence-corrected chi connectivity index (χ0v) is 17.2. The molecule has 0 bridgehead atoms. The summed E-state index contributed by atoms with van der Waals surface area (Å²) in [6.07, 6.45) is -2.66. The van der Waals surface area contributed by atoms with Crippen molar-refractivity contribution in [3.8, 4) is 11.5 Å². The molecule has 5 heterocycles. The fourth-order valence-corrected chi connectivity index (χ4v) is 3.77. The van der Waals surface area contributed by atoms with E-state index in [4.69, 9.17) is 5.73 Å². The van der Waals surface area contributed by atoms with Crippen LogP contribution in [0.5, 0.6) is 0 Å². The van der Waals surface area contributed by atoms with Gasteiger partial charge in [-0.3, -0.25) is 9.78 Å². The van der Waals surface area contributed by atoms with Crippen molar-refractivity contribution in [2.24, 2.45) is 0 Å². The van der Waals surface area contributed by atoms with Crippen molar-refractivity contribution < 1.29 is 26.7 Å². The number of rotatable bonds is 3. The van der Waals surface area contributed by atoms with Gasteiger partial charge in [0.1, 0.15) is 29.0 Å². The SMILES string of the molecule is CC1(C(F)(F)F)C(=O)Nc2nc(-c3nn(Cc4ncccc4F)c4ncc(F)cc34)nc(N)c21. The van der Waals surface area contributed by atoms with E-state index in [9.17, 15) is 26.7 Å². The maximum Gasteiger partial charge on any atom is 0.407 e. The Morgan fingerprint density at radius 3 is 2.68 bits per heavy atom. The molecule has 4 aromatic rings. The van der Waals surface area contributed by atoms with Crippen LogP contribution >= 0.6 is 0 Å². The number of alkyl halides is 3. The number of nitrogens with two attached hydrogens (primary N) is 1. The predicted octanol–water partition coefficient (Wildman–Crippen LogP) is 2.96. The fourth-order valence-electron chi connectivity index (χ4n) is 3.77. The second kappa shape index (κ2) is 7.13. The molecule has 5 rings (SSSR count). The van der Waals surface area contributed by atoms with Crippen LogP contribution in [0.25, 0.3) is 22.6 Å². The van der Waals surface area contributed by atoms with Crippen LogP contribution in [0.3, 0.4) is 0 Å². The minimum atomic E-state index is -4.96. The number of pyridine rings is 2. The Kier molecular flexibility index (Phi) is 4.53. The van der Waals surface area contributed by atoms with E-state index in [0.717, 1.165) is 12.3 Å². The van der Waals surface area contributed by atoms with Crippen LogP contribution in [-0.2, 0) is 16.8 Å². The Labute approximate surface area is 186 Å². The molecule has 0 radical (unpaired) electrons. The summed E-state index contributed by atoms with van der Waals surface area (Å²) in [5.74, 6) is -4.01. The van der Waals surface area contributed by atoms with Crippen LogP contribution in [0.15, 0.2) is 30.6 Å². The van der Waals surface area contributed by atoms with Gasteiger partial charge >= 0.3 is 6.18 Å². The number of nitrogens with zero attached hydrogens (tertiary/aromatic N) is 6. The summed E-state index contributed by atoms with van der Waals surface area (Å²) in [6.45, 7) is 0.490. The summed E-state index contributed by atoms with van der Waals surface area (Å²) in [7, 11) is 0. The zero-order valence-electron chi connectivity index (χ0n) is 17.2. The molecular formula is C20H13F5N8O. The lowest BCUT2D eigenvalue weighted by Crippen LogP contribution is -2.45. The Bertz CT molecular complexity index is 1480. The molecule has 0 saturated heterocycles. The van der Waals surface area contributed by atoms with Crippen molar-refractivity contribution in [1.29, 1.82) is 0 Å². The van der Waals surface area contributed by atoms with Gasteiger partial charge in [0.05, 0.1) is 29.4 Å². The van der Waals surface area contributed by atoms with E-state index in [1.54, 1.807) is 0 Å². The molecule has 0 spiro atoms. The number of anilines is 2. The van der Waals surface area contributed by atoms with Crippen LogP contribution in [0.4, 0.5) is 33.6 Å². The molecule has 0 aromatic carbocycles. The van der Waals surface area contributed by atoms with Crippen molar-refractivity contribution in [3.63, 3.8) is 0 Å². The van der Waals surface area contributed by atoms with Gasteiger partial charge in [-0.25, -0.2) is 28.4 Å². The molecule has 0 fully saturated rings. The third kappa shape index (κ3) is 3.05. The summed E-state index contributed by atoms with van der Waals surface area (Å²) in [5.41, 5.74) is 2.34. The summed E-state index contributed by atoms with van der Waals surface area (Å²) in [4.78, 5) is 28.1. The normalized spacial score (nSPS) is 17.8. The molecule has 1 aliphatic rings. The van der Waals surface area contributed by atoms with Gasteiger partial charge < -0.3 is 11.1 Å². The number of aromatic nitrogens is 6. The molecule has 14 heteroatoms. The van der Waals surface area contributed by atoms with Gasteiger partial charge in [-0.2, -0.15) is 18.3 Å². The first-order valence-corrected chi connectivity index (χ1v) is 9.68.